The summed E-state index contributed by atoms with van der Waals surface area (Å²) >= 11 is 0. The van der Waals surface area contributed by atoms with Crippen LogP contribution in [0.15, 0.2) is 34.8 Å². The molecule has 0 amide bonds. The first-order valence-corrected chi connectivity index (χ1v) is 9.38. The van der Waals surface area contributed by atoms with E-state index in [1.165, 1.54) is 18.4 Å². The molecule has 1 saturated carbocycles. The molecule has 0 spiro atoms. The lowest BCUT2D eigenvalue weighted by molar-refractivity contribution is -0.151. The zero-order valence-corrected chi connectivity index (χ0v) is 15.5. The van der Waals surface area contributed by atoms with Crippen LogP contribution < -0.4 is 4.74 Å². The van der Waals surface area contributed by atoms with Gasteiger partial charge in [-0.15, -0.1) is 0 Å². The number of nitrogens with zero attached hydrogens (tertiary/aromatic N) is 2. The Balaban J connectivity index is 1.77. The molecule has 0 N–H and O–H groups in total. The number of fused-ring (bicyclic) bond motifs is 2. The Morgan fingerprint density at radius 3 is 2.96 bits per heavy atom. The number of aliphatic imine (C=N–C) groups is 1. The molecule has 3 fully saturated rings. The van der Waals surface area contributed by atoms with E-state index >= 15 is 0 Å². The minimum absolute atomic E-state index is 0.105. The van der Waals surface area contributed by atoms with Gasteiger partial charge in [-0.3, -0.25) is 14.7 Å². The maximum atomic E-state index is 13.1. The number of ether oxygens (including phenoxy) is 2. The molecule has 3 aliphatic heterocycles. The van der Waals surface area contributed by atoms with Crippen LogP contribution in [0.25, 0.3) is 0 Å². The number of carbonyl (C=O) groups excluding carboxylic acids is 1. The first-order valence-electron chi connectivity index (χ1n) is 9.38. The molecule has 136 valence electrons. The molecule has 3 heterocycles. The fourth-order valence-corrected chi connectivity index (χ4v) is 5.92. The molecule has 0 aromatic heterocycles. The number of hydrogen-bond donors (Lipinski definition) is 0. The number of esters is 1. The summed E-state index contributed by atoms with van der Waals surface area (Å²) in [5.41, 5.74) is 4.33. The van der Waals surface area contributed by atoms with Crippen LogP contribution in [-0.2, 0) is 14.9 Å². The average molecular weight is 352 g/mol. The molecule has 0 radical (unpaired) electrons. The Bertz CT molecular complexity index is 859. The summed E-state index contributed by atoms with van der Waals surface area (Å²) in [7, 11) is 3.20. The van der Waals surface area contributed by atoms with Crippen molar-refractivity contribution in [3.8, 4) is 5.75 Å². The third-order valence-electron chi connectivity index (χ3n) is 7.03. The van der Waals surface area contributed by atoms with Gasteiger partial charge in [-0.1, -0.05) is 11.6 Å². The van der Waals surface area contributed by atoms with Gasteiger partial charge in [0.15, 0.2) is 0 Å². The Labute approximate surface area is 153 Å². The van der Waals surface area contributed by atoms with E-state index in [9.17, 15) is 4.79 Å². The SMILES string of the molecule is C/C=C1/CN2CC[C@]34C(=Nc5ccc(OC)cc53)[C@@H]2C[C@@H]1[C@H]4C(=O)OC. The summed E-state index contributed by atoms with van der Waals surface area (Å²) in [5, 5.41) is 0. The molecule has 3 bridgehead atoms. The van der Waals surface area contributed by atoms with Gasteiger partial charge >= 0.3 is 5.97 Å². The number of rotatable bonds is 2. The van der Waals surface area contributed by atoms with Gasteiger partial charge in [0, 0.05) is 24.8 Å². The molecule has 5 nitrogen and oxygen atoms in total. The van der Waals surface area contributed by atoms with Crippen molar-refractivity contribution in [1.29, 1.82) is 0 Å². The van der Waals surface area contributed by atoms with Crippen molar-refractivity contribution >= 4 is 17.4 Å². The number of carbonyl (C=O) groups is 1. The van der Waals surface area contributed by atoms with E-state index in [4.69, 9.17) is 14.5 Å². The molecule has 26 heavy (non-hydrogen) atoms. The Kier molecular flexibility index (Phi) is 3.35. The average Bonchev–Trinajstić information content (AvgIpc) is 3.02. The molecule has 5 rings (SSSR count). The topological polar surface area (TPSA) is 51.1 Å². The van der Waals surface area contributed by atoms with Crippen LogP contribution in [0.1, 0.15) is 25.3 Å². The first-order chi connectivity index (χ1) is 12.6. The Hall–Kier alpha value is -2.14. The molecular formula is C21H24N2O3. The van der Waals surface area contributed by atoms with Gasteiger partial charge in [-0.2, -0.15) is 0 Å². The largest absolute Gasteiger partial charge is 0.497 e. The van der Waals surface area contributed by atoms with Crippen LogP contribution in [0.2, 0.25) is 0 Å². The number of allylic oxidation sites excluding steroid dienone is 1. The predicted molar refractivity (Wildman–Crippen MR) is 99.1 cm³/mol. The molecule has 0 unspecified atom stereocenters. The lowest BCUT2D eigenvalue weighted by atomic mass is 9.51. The number of benzene rings is 1. The monoisotopic (exact) mass is 352 g/mol. The van der Waals surface area contributed by atoms with Crippen molar-refractivity contribution in [2.24, 2.45) is 16.8 Å². The first kappa shape index (κ1) is 16.1. The molecule has 2 saturated heterocycles. The lowest BCUT2D eigenvalue weighted by Gasteiger charge is -2.59. The van der Waals surface area contributed by atoms with Crippen molar-refractivity contribution in [1.82, 2.24) is 4.90 Å². The van der Waals surface area contributed by atoms with Gasteiger partial charge in [-0.25, -0.2) is 0 Å². The van der Waals surface area contributed by atoms with E-state index in [2.05, 4.69) is 24.0 Å². The normalized spacial score (nSPS) is 35.7. The number of piperidine rings is 2. The maximum Gasteiger partial charge on any atom is 0.310 e. The van der Waals surface area contributed by atoms with Crippen LogP contribution in [0, 0.1) is 11.8 Å². The fraction of sp³-hybridized carbons (Fsp3) is 0.524. The van der Waals surface area contributed by atoms with Gasteiger partial charge in [0.1, 0.15) is 5.75 Å². The van der Waals surface area contributed by atoms with Crippen LogP contribution in [-0.4, -0.2) is 49.9 Å². The minimum Gasteiger partial charge on any atom is -0.497 e. The fourth-order valence-electron chi connectivity index (χ4n) is 5.92. The molecule has 1 aromatic carbocycles. The van der Waals surface area contributed by atoms with E-state index in [0.717, 1.165) is 42.9 Å². The van der Waals surface area contributed by atoms with E-state index in [-0.39, 0.29) is 23.2 Å². The second kappa shape index (κ2) is 5.43. The number of methoxy groups -OCH3 is 2. The van der Waals surface area contributed by atoms with Gasteiger partial charge in [0.25, 0.3) is 0 Å². The zero-order chi connectivity index (χ0) is 18.1. The summed E-state index contributed by atoms with van der Waals surface area (Å²) in [6.45, 7) is 4.01. The second-order valence-corrected chi connectivity index (χ2v) is 7.79. The third kappa shape index (κ3) is 1.79. The zero-order valence-electron chi connectivity index (χ0n) is 15.5. The molecular weight excluding hydrogens is 328 g/mol. The van der Waals surface area contributed by atoms with Crippen molar-refractivity contribution in [3.05, 3.63) is 35.4 Å². The van der Waals surface area contributed by atoms with Crippen molar-refractivity contribution < 1.29 is 14.3 Å². The summed E-state index contributed by atoms with van der Waals surface area (Å²) in [4.78, 5) is 20.7. The van der Waals surface area contributed by atoms with Gasteiger partial charge in [-0.05, 0) is 49.4 Å². The summed E-state index contributed by atoms with van der Waals surface area (Å²) in [5.74, 6) is 0.740. The highest BCUT2D eigenvalue weighted by Crippen LogP contribution is 2.60. The molecule has 1 aliphatic carbocycles. The van der Waals surface area contributed by atoms with Gasteiger partial charge < -0.3 is 9.47 Å². The van der Waals surface area contributed by atoms with Crippen molar-refractivity contribution in [2.45, 2.75) is 31.2 Å². The smallest absolute Gasteiger partial charge is 0.310 e. The van der Waals surface area contributed by atoms with Crippen LogP contribution in [0.5, 0.6) is 5.75 Å². The van der Waals surface area contributed by atoms with Crippen LogP contribution in [0.3, 0.4) is 0 Å². The van der Waals surface area contributed by atoms with E-state index in [1.54, 1.807) is 7.11 Å². The van der Waals surface area contributed by atoms with E-state index < -0.39 is 0 Å². The van der Waals surface area contributed by atoms with Crippen molar-refractivity contribution in [3.63, 3.8) is 0 Å². The molecule has 4 aliphatic rings. The van der Waals surface area contributed by atoms with Crippen LogP contribution >= 0.6 is 0 Å². The van der Waals surface area contributed by atoms with E-state index in [0.29, 0.717) is 6.04 Å². The standard InChI is InChI=1S/C21H24N2O3/c1-4-12-11-23-8-7-21-15-9-13(25-2)5-6-16(15)22-19(21)17(23)10-14(12)18(21)20(24)26-3/h4-6,9,14,17-18H,7-8,10-11H2,1-3H3/b12-4-/t14-,17-,18-,21-/m0/s1. The molecule has 5 heteroatoms. The highest BCUT2D eigenvalue weighted by atomic mass is 16.5. The summed E-state index contributed by atoms with van der Waals surface area (Å²) in [6.07, 6.45) is 4.08. The highest BCUT2D eigenvalue weighted by Gasteiger charge is 2.65. The Morgan fingerprint density at radius 2 is 2.23 bits per heavy atom. The lowest BCUT2D eigenvalue weighted by Crippen LogP contribution is -2.68. The van der Waals surface area contributed by atoms with Crippen LogP contribution in [0.4, 0.5) is 5.69 Å². The molecule has 4 atom stereocenters. The maximum absolute atomic E-state index is 13.1. The Morgan fingerprint density at radius 1 is 1.38 bits per heavy atom. The predicted octanol–water partition coefficient (Wildman–Crippen LogP) is 2.86. The van der Waals surface area contributed by atoms with Crippen molar-refractivity contribution in [2.75, 3.05) is 27.3 Å². The summed E-state index contributed by atoms with van der Waals surface area (Å²) in [6, 6.07) is 6.41. The quantitative estimate of drug-likeness (QED) is 0.607. The van der Waals surface area contributed by atoms with Gasteiger partial charge in [0.05, 0.1) is 31.2 Å². The number of hydrogen-bond acceptors (Lipinski definition) is 5. The second-order valence-electron chi connectivity index (χ2n) is 7.79. The minimum atomic E-state index is -0.351. The van der Waals surface area contributed by atoms with Gasteiger partial charge in [0.2, 0.25) is 0 Å². The van der Waals surface area contributed by atoms with E-state index in [1.807, 2.05) is 12.1 Å². The summed E-state index contributed by atoms with van der Waals surface area (Å²) < 4.78 is 10.8. The molecule has 1 aromatic rings. The highest BCUT2D eigenvalue weighted by molar-refractivity contribution is 6.09. The third-order valence-corrected chi connectivity index (χ3v) is 7.03.